The quantitative estimate of drug-likeness (QED) is 0.765. The standard InChI is InChI=1S/C13H13N5O/c19-13(10-7-16-17-8-10)18-11-3-1-9(2-4-11)12-14-5-6-15-12/h1-4,7-8H,5-6H2,(H,14,15)(H,16,17)(H,18,19). The molecule has 0 saturated heterocycles. The lowest BCUT2D eigenvalue weighted by Gasteiger charge is -2.06. The van der Waals surface area contributed by atoms with Crippen LogP contribution in [0.15, 0.2) is 41.7 Å². The maximum absolute atomic E-state index is 11.8. The molecule has 0 aliphatic carbocycles. The highest BCUT2D eigenvalue weighted by atomic mass is 16.1. The third kappa shape index (κ3) is 2.47. The van der Waals surface area contributed by atoms with E-state index in [0.29, 0.717) is 5.56 Å². The van der Waals surface area contributed by atoms with Gasteiger partial charge in [-0.2, -0.15) is 5.10 Å². The highest BCUT2D eigenvalue weighted by Crippen LogP contribution is 2.12. The molecule has 2 heterocycles. The number of aromatic nitrogens is 2. The van der Waals surface area contributed by atoms with E-state index in [1.165, 1.54) is 6.20 Å². The summed E-state index contributed by atoms with van der Waals surface area (Å²) >= 11 is 0. The summed E-state index contributed by atoms with van der Waals surface area (Å²) in [5, 5.41) is 12.4. The zero-order chi connectivity index (χ0) is 13.1. The second-order valence-corrected chi connectivity index (χ2v) is 4.18. The minimum Gasteiger partial charge on any atom is -0.368 e. The Morgan fingerprint density at radius 1 is 1.26 bits per heavy atom. The average molecular weight is 255 g/mol. The molecule has 6 nitrogen and oxygen atoms in total. The number of nitrogens with zero attached hydrogens (tertiary/aromatic N) is 2. The minimum absolute atomic E-state index is 0.183. The number of anilines is 1. The fraction of sp³-hybridized carbons (Fsp3) is 0.154. The van der Waals surface area contributed by atoms with Crippen LogP contribution in [-0.2, 0) is 0 Å². The summed E-state index contributed by atoms with van der Waals surface area (Å²) in [7, 11) is 0. The molecule has 0 atom stereocenters. The van der Waals surface area contributed by atoms with Crippen LogP contribution in [0, 0.1) is 0 Å². The van der Waals surface area contributed by atoms with Gasteiger partial charge in [-0.3, -0.25) is 14.9 Å². The molecule has 3 rings (SSSR count). The SMILES string of the molecule is O=C(Nc1ccc(C2=NCCN2)cc1)c1cn[nH]c1. The molecule has 2 aromatic rings. The van der Waals surface area contributed by atoms with Gasteiger partial charge in [0.25, 0.3) is 5.91 Å². The van der Waals surface area contributed by atoms with Crippen molar-refractivity contribution in [1.29, 1.82) is 0 Å². The second kappa shape index (κ2) is 4.93. The van der Waals surface area contributed by atoms with E-state index < -0.39 is 0 Å². The monoisotopic (exact) mass is 255 g/mol. The summed E-state index contributed by atoms with van der Waals surface area (Å²) in [5.74, 6) is 0.727. The van der Waals surface area contributed by atoms with Crippen LogP contribution >= 0.6 is 0 Å². The van der Waals surface area contributed by atoms with E-state index in [9.17, 15) is 4.79 Å². The number of amidine groups is 1. The molecule has 0 unspecified atom stereocenters. The van der Waals surface area contributed by atoms with Gasteiger partial charge in [0.05, 0.1) is 18.3 Å². The Bertz CT molecular complexity index is 600. The fourth-order valence-corrected chi connectivity index (χ4v) is 1.88. The number of nitrogens with one attached hydrogen (secondary N) is 3. The number of aromatic amines is 1. The third-order valence-corrected chi connectivity index (χ3v) is 2.85. The lowest BCUT2D eigenvalue weighted by atomic mass is 10.2. The Labute approximate surface area is 109 Å². The Morgan fingerprint density at radius 3 is 2.74 bits per heavy atom. The lowest BCUT2D eigenvalue weighted by molar-refractivity contribution is 0.102. The molecule has 0 fully saturated rings. The molecular formula is C13H13N5O. The molecule has 1 amide bonds. The van der Waals surface area contributed by atoms with Crippen molar-refractivity contribution < 1.29 is 4.79 Å². The molecule has 6 heteroatoms. The molecule has 1 aromatic carbocycles. The van der Waals surface area contributed by atoms with Crippen molar-refractivity contribution in [3.05, 3.63) is 47.8 Å². The highest BCUT2D eigenvalue weighted by molar-refractivity contribution is 6.04. The van der Waals surface area contributed by atoms with E-state index in [0.717, 1.165) is 30.2 Å². The van der Waals surface area contributed by atoms with Crippen LogP contribution < -0.4 is 10.6 Å². The van der Waals surface area contributed by atoms with Gasteiger partial charge >= 0.3 is 0 Å². The molecule has 96 valence electrons. The molecular weight excluding hydrogens is 242 g/mol. The minimum atomic E-state index is -0.183. The summed E-state index contributed by atoms with van der Waals surface area (Å²) < 4.78 is 0. The van der Waals surface area contributed by atoms with Gasteiger partial charge in [0, 0.05) is 24.0 Å². The predicted octanol–water partition coefficient (Wildman–Crippen LogP) is 1.01. The average Bonchev–Trinajstić information content (AvgIpc) is 3.13. The summed E-state index contributed by atoms with van der Waals surface area (Å²) in [5.41, 5.74) is 2.28. The summed E-state index contributed by atoms with van der Waals surface area (Å²) in [6.07, 6.45) is 3.04. The molecule has 1 aliphatic heterocycles. The van der Waals surface area contributed by atoms with Crippen LogP contribution in [-0.4, -0.2) is 35.0 Å². The first-order chi connectivity index (χ1) is 9.33. The Hall–Kier alpha value is -2.63. The van der Waals surface area contributed by atoms with Crippen molar-refractivity contribution in [1.82, 2.24) is 15.5 Å². The zero-order valence-electron chi connectivity index (χ0n) is 10.2. The van der Waals surface area contributed by atoms with E-state index in [-0.39, 0.29) is 5.91 Å². The number of carbonyl (C=O) groups is 1. The van der Waals surface area contributed by atoms with E-state index in [2.05, 4.69) is 25.8 Å². The van der Waals surface area contributed by atoms with Gasteiger partial charge in [0.1, 0.15) is 5.84 Å². The van der Waals surface area contributed by atoms with Gasteiger partial charge in [-0.1, -0.05) is 0 Å². The van der Waals surface area contributed by atoms with Gasteiger partial charge in [0.15, 0.2) is 0 Å². The van der Waals surface area contributed by atoms with Crippen LogP contribution in [0.2, 0.25) is 0 Å². The predicted molar refractivity (Wildman–Crippen MR) is 72.4 cm³/mol. The van der Waals surface area contributed by atoms with Crippen molar-refractivity contribution in [2.24, 2.45) is 4.99 Å². The molecule has 0 spiro atoms. The lowest BCUT2D eigenvalue weighted by Crippen LogP contribution is -2.19. The van der Waals surface area contributed by atoms with Gasteiger partial charge in [-0.25, -0.2) is 0 Å². The largest absolute Gasteiger partial charge is 0.368 e. The van der Waals surface area contributed by atoms with E-state index >= 15 is 0 Å². The summed E-state index contributed by atoms with van der Waals surface area (Å²) in [6.45, 7) is 1.70. The van der Waals surface area contributed by atoms with Crippen molar-refractivity contribution in [2.75, 3.05) is 18.4 Å². The third-order valence-electron chi connectivity index (χ3n) is 2.85. The molecule has 0 bridgehead atoms. The summed E-state index contributed by atoms with van der Waals surface area (Å²) in [6, 6.07) is 7.58. The van der Waals surface area contributed by atoms with Gasteiger partial charge in [0.2, 0.25) is 0 Å². The first-order valence-corrected chi connectivity index (χ1v) is 6.02. The van der Waals surface area contributed by atoms with Gasteiger partial charge < -0.3 is 10.6 Å². The van der Waals surface area contributed by atoms with Crippen LogP contribution in [0.1, 0.15) is 15.9 Å². The van der Waals surface area contributed by atoms with E-state index in [1.54, 1.807) is 6.20 Å². The Balaban J connectivity index is 1.71. The van der Waals surface area contributed by atoms with Crippen molar-refractivity contribution in [3.63, 3.8) is 0 Å². The maximum atomic E-state index is 11.8. The smallest absolute Gasteiger partial charge is 0.258 e. The van der Waals surface area contributed by atoms with E-state index in [4.69, 9.17) is 0 Å². The van der Waals surface area contributed by atoms with Crippen LogP contribution in [0.4, 0.5) is 5.69 Å². The number of rotatable bonds is 3. The molecule has 0 saturated carbocycles. The first kappa shape index (κ1) is 11.5. The second-order valence-electron chi connectivity index (χ2n) is 4.18. The van der Waals surface area contributed by atoms with Crippen LogP contribution in [0.25, 0.3) is 0 Å². The number of aliphatic imine (C=N–C) groups is 1. The van der Waals surface area contributed by atoms with E-state index in [1.807, 2.05) is 24.3 Å². The fourth-order valence-electron chi connectivity index (χ4n) is 1.88. The number of amides is 1. The van der Waals surface area contributed by atoms with Crippen LogP contribution in [0.3, 0.4) is 0 Å². The number of hydrogen-bond donors (Lipinski definition) is 3. The highest BCUT2D eigenvalue weighted by Gasteiger charge is 2.09. The van der Waals surface area contributed by atoms with Gasteiger partial charge in [-0.05, 0) is 24.3 Å². The molecule has 1 aliphatic rings. The molecule has 1 aromatic heterocycles. The van der Waals surface area contributed by atoms with Crippen molar-refractivity contribution in [3.8, 4) is 0 Å². The molecule has 19 heavy (non-hydrogen) atoms. The summed E-state index contributed by atoms with van der Waals surface area (Å²) in [4.78, 5) is 16.2. The zero-order valence-corrected chi connectivity index (χ0v) is 10.2. The van der Waals surface area contributed by atoms with Crippen LogP contribution in [0.5, 0.6) is 0 Å². The first-order valence-electron chi connectivity index (χ1n) is 6.02. The van der Waals surface area contributed by atoms with Crippen molar-refractivity contribution >= 4 is 17.4 Å². The van der Waals surface area contributed by atoms with Crippen molar-refractivity contribution in [2.45, 2.75) is 0 Å². The number of H-pyrrole nitrogens is 1. The number of carbonyl (C=O) groups excluding carboxylic acids is 1. The normalized spacial score (nSPS) is 13.8. The Morgan fingerprint density at radius 2 is 2.11 bits per heavy atom. The molecule has 3 N–H and O–H groups in total. The molecule has 0 radical (unpaired) electrons. The van der Waals surface area contributed by atoms with Gasteiger partial charge in [-0.15, -0.1) is 0 Å². The topological polar surface area (TPSA) is 82.2 Å². The number of benzene rings is 1. The maximum Gasteiger partial charge on any atom is 0.258 e. The number of hydrogen-bond acceptors (Lipinski definition) is 4. The Kier molecular flexibility index (Phi) is 2.97.